The molecule has 0 unspecified atom stereocenters. The predicted octanol–water partition coefficient (Wildman–Crippen LogP) is 2.33. The Balaban J connectivity index is 1.45. The number of nitrogens with zero attached hydrogens (tertiary/aromatic N) is 6. The molecule has 2 aliphatic rings. The van der Waals surface area contributed by atoms with Crippen LogP contribution in [0.2, 0.25) is 0 Å². The summed E-state index contributed by atoms with van der Waals surface area (Å²) in [6, 6.07) is 4.25. The van der Waals surface area contributed by atoms with Gasteiger partial charge in [-0.05, 0) is 44.4 Å². The monoisotopic (exact) mass is 355 g/mol. The molecule has 1 N–H and O–H groups in total. The Labute approximate surface area is 151 Å². The third kappa shape index (κ3) is 3.17. The predicted molar refractivity (Wildman–Crippen MR) is 98.2 cm³/mol. The van der Waals surface area contributed by atoms with Gasteiger partial charge in [0.05, 0.1) is 18.3 Å². The normalized spacial score (nSPS) is 19.0. The first kappa shape index (κ1) is 16.2. The van der Waals surface area contributed by atoms with E-state index in [0.717, 1.165) is 48.3 Å². The number of likely N-dealkylation sites (tertiary alicyclic amines) is 1. The van der Waals surface area contributed by atoms with E-state index < -0.39 is 0 Å². The van der Waals surface area contributed by atoms with Crippen molar-refractivity contribution in [3.63, 3.8) is 0 Å². The lowest BCUT2D eigenvalue weighted by molar-refractivity contribution is 0.211. The lowest BCUT2D eigenvalue weighted by atomic mass is 9.79. The number of nitriles is 1. The Kier molecular flexibility index (Phi) is 4.06. The molecule has 4 rings (SSSR count). The SMILES string of the molecule is Cc1cc(Nc2ncc(C)c(N3CC4(CCN(CC#N)C4)C3)n2)sn1. The second kappa shape index (κ2) is 6.24. The fourth-order valence-corrected chi connectivity index (χ4v) is 4.44. The number of hydrogen-bond donors (Lipinski definition) is 1. The van der Waals surface area contributed by atoms with E-state index in [1.807, 2.05) is 19.2 Å². The van der Waals surface area contributed by atoms with Crippen LogP contribution >= 0.6 is 11.5 Å². The smallest absolute Gasteiger partial charge is 0.229 e. The standard InChI is InChI=1S/C17H21N7S/c1-12-8-19-16(20-14-7-13(2)22-25-14)21-15(12)24-10-17(11-24)3-5-23(9-17)6-4-18/h7-8H,3,5-6,9-11H2,1-2H3,(H,19,20,21). The van der Waals surface area contributed by atoms with E-state index in [0.29, 0.717) is 17.9 Å². The molecule has 2 aromatic rings. The van der Waals surface area contributed by atoms with Gasteiger partial charge in [-0.1, -0.05) is 0 Å². The van der Waals surface area contributed by atoms with Gasteiger partial charge in [-0.15, -0.1) is 0 Å². The van der Waals surface area contributed by atoms with Crippen molar-refractivity contribution in [3.05, 3.63) is 23.5 Å². The Morgan fingerprint density at radius 1 is 1.36 bits per heavy atom. The minimum Gasteiger partial charge on any atom is -0.355 e. The molecule has 2 aromatic heterocycles. The van der Waals surface area contributed by atoms with Crippen molar-refractivity contribution in [2.75, 3.05) is 42.9 Å². The number of hydrogen-bond acceptors (Lipinski definition) is 8. The number of aryl methyl sites for hydroxylation is 2. The van der Waals surface area contributed by atoms with Gasteiger partial charge < -0.3 is 10.2 Å². The van der Waals surface area contributed by atoms with Crippen molar-refractivity contribution in [3.8, 4) is 6.07 Å². The molecule has 4 heterocycles. The minimum atomic E-state index is 0.330. The highest BCUT2D eigenvalue weighted by Crippen LogP contribution is 2.42. The van der Waals surface area contributed by atoms with Gasteiger partial charge in [0.2, 0.25) is 5.95 Å². The van der Waals surface area contributed by atoms with Gasteiger partial charge in [0, 0.05) is 36.8 Å². The largest absolute Gasteiger partial charge is 0.355 e. The minimum absolute atomic E-state index is 0.330. The van der Waals surface area contributed by atoms with E-state index >= 15 is 0 Å². The Morgan fingerprint density at radius 3 is 2.92 bits per heavy atom. The molecule has 0 bridgehead atoms. The van der Waals surface area contributed by atoms with Gasteiger partial charge in [0.1, 0.15) is 10.8 Å². The van der Waals surface area contributed by atoms with E-state index in [-0.39, 0.29) is 0 Å². The maximum atomic E-state index is 8.88. The Hall–Kier alpha value is -2.24. The Bertz CT molecular complexity index is 819. The summed E-state index contributed by atoms with van der Waals surface area (Å²) in [5.74, 6) is 1.62. The van der Waals surface area contributed by atoms with Gasteiger partial charge in [-0.25, -0.2) is 4.98 Å². The topological polar surface area (TPSA) is 81.0 Å². The molecular weight excluding hydrogens is 334 g/mol. The highest BCUT2D eigenvalue weighted by molar-refractivity contribution is 7.10. The van der Waals surface area contributed by atoms with Crippen LogP contribution in [0.1, 0.15) is 17.7 Å². The molecule has 2 saturated heterocycles. The van der Waals surface area contributed by atoms with Crippen LogP contribution in [0.3, 0.4) is 0 Å². The number of anilines is 3. The first-order valence-corrected chi connectivity index (χ1v) is 9.22. The fraction of sp³-hybridized carbons (Fsp3) is 0.529. The average Bonchev–Trinajstić information content (AvgIpc) is 3.15. The second-order valence-electron chi connectivity index (χ2n) is 7.13. The van der Waals surface area contributed by atoms with E-state index in [2.05, 4.69) is 37.5 Å². The summed E-state index contributed by atoms with van der Waals surface area (Å²) in [7, 11) is 0. The molecule has 2 aliphatic heterocycles. The van der Waals surface area contributed by atoms with Crippen molar-refractivity contribution in [1.29, 1.82) is 5.26 Å². The van der Waals surface area contributed by atoms with E-state index in [1.165, 1.54) is 18.0 Å². The summed E-state index contributed by atoms with van der Waals surface area (Å²) in [4.78, 5) is 13.7. The molecular formula is C17H21N7S. The van der Waals surface area contributed by atoms with Gasteiger partial charge in [-0.3, -0.25) is 4.90 Å². The lowest BCUT2D eigenvalue weighted by Crippen LogP contribution is -2.58. The van der Waals surface area contributed by atoms with Crippen molar-refractivity contribution >= 4 is 28.3 Å². The molecule has 7 nitrogen and oxygen atoms in total. The van der Waals surface area contributed by atoms with E-state index in [1.54, 1.807) is 0 Å². The van der Waals surface area contributed by atoms with E-state index in [9.17, 15) is 0 Å². The number of rotatable bonds is 4. The Morgan fingerprint density at radius 2 is 2.20 bits per heavy atom. The van der Waals surface area contributed by atoms with Crippen molar-refractivity contribution in [2.45, 2.75) is 20.3 Å². The number of aromatic nitrogens is 3. The molecule has 0 radical (unpaired) electrons. The van der Waals surface area contributed by atoms with Crippen LogP contribution in [-0.2, 0) is 0 Å². The molecule has 0 amide bonds. The second-order valence-corrected chi connectivity index (χ2v) is 7.94. The molecule has 1 spiro atoms. The van der Waals surface area contributed by atoms with Crippen molar-refractivity contribution in [1.82, 2.24) is 19.2 Å². The van der Waals surface area contributed by atoms with Gasteiger partial charge in [0.15, 0.2) is 0 Å². The van der Waals surface area contributed by atoms with Crippen LogP contribution in [0.4, 0.5) is 16.8 Å². The molecule has 0 saturated carbocycles. The summed E-state index contributed by atoms with van der Waals surface area (Å²) < 4.78 is 4.27. The van der Waals surface area contributed by atoms with Gasteiger partial charge in [-0.2, -0.15) is 14.6 Å². The van der Waals surface area contributed by atoms with Crippen LogP contribution in [0.5, 0.6) is 0 Å². The first-order valence-electron chi connectivity index (χ1n) is 8.45. The zero-order valence-electron chi connectivity index (χ0n) is 14.5. The van der Waals surface area contributed by atoms with E-state index in [4.69, 9.17) is 10.2 Å². The van der Waals surface area contributed by atoms with Gasteiger partial charge in [0.25, 0.3) is 0 Å². The quantitative estimate of drug-likeness (QED) is 0.843. The van der Waals surface area contributed by atoms with Crippen LogP contribution in [0.15, 0.2) is 12.3 Å². The lowest BCUT2D eigenvalue weighted by Gasteiger charge is -2.49. The molecule has 2 fully saturated rings. The summed E-state index contributed by atoms with van der Waals surface area (Å²) in [6.07, 6.45) is 3.04. The van der Waals surface area contributed by atoms with Crippen molar-refractivity contribution < 1.29 is 0 Å². The maximum absolute atomic E-state index is 8.88. The summed E-state index contributed by atoms with van der Waals surface area (Å²) >= 11 is 1.42. The summed E-state index contributed by atoms with van der Waals surface area (Å²) in [5, 5.41) is 13.1. The third-order valence-corrected chi connectivity index (χ3v) is 5.77. The molecule has 0 atom stereocenters. The molecule has 8 heteroatoms. The summed E-state index contributed by atoms with van der Waals surface area (Å²) in [5.41, 5.74) is 2.41. The zero-order valence-corrected chi connectivity index (χ0v) is 15.3. The summed E-state index contributed by atoms with van der Waals surface area (Å²) in [6.45, 7) is 8.62. The fourth-order valence-electron chi connectivity index (χ4n) is 3.78. The van der Waals surface area contributed by atoms with Crippen LogP contribution < -0.4 is 10.2 Å². The van der Waals surface area contributed by atoms with Crippen LogP contribution in [0, 0.1) is 30.6 Å². The van der Waals surface area contributed by atoms with Crippen LogP contribution in [0.25, 0.3) is 0 Å². The molecule has 25 heavy (non-hydrogen) atoms. The van der Waals surface area contributed by atoms with Crippen LogP contribution in [-0.4, -0.2) is 52.0 Å². The maximum Gasteiger partial charge on any atom is 0.229 e. The third-order valence-electron chi connectivity index (χ3n) is 4.97. The van der Waals surface area contributed by atoms with Crippen molar-refractivity contribution in [2.24, 2.45) is 5.41 Å². The average molecular weight is 355 g/mol. The highest BCUT2D eigenvalue weighted by atomic mass is 32.1. The highest BCUT2D eigenvalue weighted by Gasteiger charge is 2.48. The zero-order chi connectivity index (χ0) is 17.4. The first-order chi connectivity index (χ1) is 12.1. The molecule has 0 aliphatic carbocycles. The molecule has 130 valence electrons. The van der Waals surface area contributed by atoms with Gasteiger partial charge >= 0.3 is 0 Å². The number of nitrogens with one attached hydrogen (secondary N) is 1. The molecule has 0 aromatic carbocycles.